The molecule has 2 aliphatic rings. The summed E-state index contributed by atoms with van der Waals surface area (Å²) >= 11 is 1.61. The van der Waals surface area contributed by atoms with Crippen LogP contribution in [-0.4, -0.2) is 17.6 Å². The van der Waals surface area contributed by atoms with Gasteiger partial charge in [-0.25, -0.2) is 0 Å². The van der Waals surface area contributed by atoms with Crippen LogP contribution in [0.1, 0.15) is 20.3 Å². The van der Waals surface area contributed by atoms with Gasteiger partial charge in [-0.2, -0.15) is 0 Å². The van der Waals surface area contributed by atoms with E-state index in [0.29, 0.717) is 0 Å². The summed E-state index contributed by atoms with van der Waals surface area (Å²) in [7, 11) is 0. The summed E-state index contributed by atoms with van der Waals surface area (Å²) in [4.78, 5) is 22.8. The zero-order valence-electron chi connectivity index (χ0n) is 7.79. The van der Waals surface area contributed by atoms with Crippen LogP contribution in [0.25, 0.3) is 0 Å². The van der Waals surface area contributed by atoms with Crippen LogP contribution in [0.5, 0.6) is 0 Å². The minimum atomic E-state index is -0.268. The van der Waals surface area contributed by atoms with Crippen LogP contribution in [-0.2, 0) is 9.59 Å². The Bertz CT molecular complexity index is 260. The molecule has 2 amide bonds. The second-order valence-corrected chi connectivity index (χ2v) is 3.76. The molecule has 0 aliphatic carbocycles. The number of fused-ring (bicyclic) bond motifs is 1. The predicted molar refractivity (Wildman–Crippen MR) is 53.1 cm³/mol. The third-order valence-corrected chi connectivity index (χ3v) is 3.03. The van der Waals surface area contributed by atoms with Crippen LogP contribution >= 0.6 is 11.8 Å². The highest BCUT2D eigenvalue weighted by molar-refractivity contribution is 8.03. The number of nitrogens with one attached hydrogen (secondary N) is 1. The monoisotopic (exact) mass is 199 g/mol. The van der Waals surface area contributed by atoms with E-state index in [1.54, 1.807) is 11.8 Å². The number of hydrogen-bond donors (Lipinski definition) is 1. The maximum Gasteiger partial charge on any atom is 0.251 e. The largest absolute Gasteiger partial charge is 0.292 e. The zero-order chi connectivity index (χ0) is 9.84. The van der Waals surface area contributed by atoms with Gasteiger partial charge in [-0.3, -0.25) is 14.9 Å². The number of hydrogen-bond acceptors (Lipinski definition) is 3. The van der Waals surface area contributed by atoms with Crippen molar-refractivity contribution in [2.24, 2.45) is 5.92 Å². The Hall–Kier alpha value is -0.770. The van der Waals surface area contributed by atoms with Gasteiger partial charge in [0.15, 0.2) is 0 Å². The van der Waals surface area contributed by atoms with Gasteiger partial charge in [0.1, 0.15) is 0 Å². The first-order valence-corrected chi connectivity index (χ1v) is 5.45. The van der Waals surface area contributed by atoms with Gasteiger partial charge in [0.25, 0.3) is 5.91 Å². The number of rotatable bonds is 0. The van der Waals surface area contributed by atoms with Gasteiger partial charge in [0.2, 0.25) is 5.91 Å². The van der Waals surface area contributed by atoms with Crippen LogP contribution in [0.15, 0.2) is 11.0 Å². The van der Waals surface area contributed by atoms with E-state index in [2.05, 4.69) is 5.32 Å². The van der Waals surface area contributed by atoms with Crippen LogP contribution in [0.3, 0.4) is 0 Å². The summed E-state index contributed by atoms with van der Waals surface area (Å²) in [5.74, 6) is 0.530. The van der Waals surface area contributed by atoms with Crippen molar-refractivity contribution in [3.63, 3.8) is 0 Å². The van der Waals surface area contributed by atoms with E-state index in [1.165, 1.54) is 6.08 Å². The van der Waals surface area contributed by atoms with Gasteiger partial charge in [-0.15, -0.1) is 11.8 Å². The minimum Gasteiger partial charge on any atom is -0.292 e. The van der Waals surface area contributed by atoms with Gasteiger partial charge in [-0.05, 0) is 12.2 Å². The van der Waals surface area contributed by atoms with Crippen molar-refractivity contribution in [2.45, 2.75) is 20.3 Å². The molecular formula is C9H13NO2S. The third kappa shape index (κ3) is 2.12. The maximum atomic E-state index is 11.1. The molecule has 1 unspecified atom stereocenters. The quantitative estimate of drug-likeness (QED) is 0.598. The predicted octanol–water partition coefficient (Wildman–Crippen LogP) is 1.31. The highest BCUT2D eigenvalue weighted by Crippen LogP contribution is 2.37. The Morgan fingerprint density at radius 3 is 2.85 bits per heavy atom. The lowest BCUT2D eigenvalue weighted by Gasteiger charge is -2.14. The van der Waals surface area contributed by atoms with Crippen molar-refractivity contribution in [1.82, 2.24) is 5.32 Å². The highest BCUT2D eigenvalue weighted by atomic mass is 32.2. The molecule has 72 valence electrons. The van der Waals surface area contributed by atoms with Gasteiger partial charge in [0.05, 0.1) is 5.92 Å². The third-order valence-electron chi connectivity index (χ3n) is 1.85. The summed E-state index contributed by atoms with van der Waals surface area (Å²) in [5, 5.41) is 2.28. The van der Waals surface area contributed by atoms with E-state index >= 15 is 0 Å². The Morgan fingerprint density at radius 2 is 2.15 bits per heavy atom. The van der Waals surface area contributed by atoms with Crippen molar-refractivity contribution in [3.8, 4) is 0 Å². The number of carbonyl (C=O) groups is 2. The Kier molecular flexibility index (Phi) is 3.54. The van der Waals surface area contributed by atoms with Gasteiger partial charge in [-0.1, -0.05) is 13.8 Å². The fraction of sp³-hybridized carbons (Fsp3) is 0.556. The van der Waals surface area contributed by atoms with E-state index in [9.17, 15) is 9.59 Å². The first kappa shape index (κ1) is 10.3. The van der Waals surface area contributed by atoms with Crippen LogP contribution < -0.4 is 5.32 Å². The topological polar surface area (TPSA) is 46.2 Å². The molecule has 13 heavy (non-hydrogen) atoms. The lowest BCUT2D eigenvalue weighted by Crippen LogP contribution is -2.37. The van der Waals surface area contributed by atoms with E-state index in [1.807, 2.05) is 13.8 Å². The summed E-state index contributed by atoms with van der Waals surface area (Å²) < 4.78 is 0. The maximum absolute atomic E-state index is 11.1. The van der Waals surface area contributed by atoms with E-state index < -0.39 is 0 Å². The molecule has 2 aliphatic heterocycles. The molecule has 1 fully saturated rings. The molecule has 1 N–H and O–H groups in total. The van der Waals surface area contributed by atoms with Crippen LogP contribution in [0.4, 0.5) is 0 Å². The molecule has 2 heterocycles. The lowest BCUT2D eigenvalue weighted by molar-refractivity contribution is -0.130. The standard InChI is InChI=1S/C7H7NO2S.C2H6/c9-6-3-5-4(1-2-11-5)7(10)8-6;1-2/h3-4H,1-2H2,(H,8,9,10);1-2H3. The Labute approximate surface area is 82.0 Å². The van der Waals surface area contributed by atoms with Gasteiger partial charge in [0, 0.05) is 11.0 Å². The molecule has 1 saturated heterocycles. The molecule has 3 nitrogen and oxygen atoms in total. The molecule has 4 heteroatoms. The Morgan fingerprint density at radius 1 is 1.46 bits per heavy atom. The fourth-order valence-corrected chi connectivity index (χ4v) is 2.52. The summed E-state index contributed by atoms with van der Waals surface area (Å²) in [6.07, 6.45) is 2.40. The number of imide groups is 1. The van der Waals surface area contributed by atoms with Crippen molar-refractivity contribution < 1.29 is 9.59 Å². The summed E-state index contributed by atoms with van der Waals surface area (Å²) in [6.45, 7) is 4.00. The van der Waals surface area contributed by atoms with Crippen LogP contribution in [0.2, 0.25) is 0 Å². The molecule has 0 radical (unpaired) electrons. The van der Waals surface area contributed by atoms with E-state index in [4.69, 9.17) is 0 Å². The minimum absolute atomic E-state index is 0.0299. The first-order valence-electron chi connectivity index (χ1n) is 4.46. The second-order valence-electron chi connectivity index (χ2n) is 2.59. The SMILES string of the molecule is CC.O=C1C=C2SCCC2C(=O)N1. The molecule has 0 saturated carbocycles. The summed E-state index contributed by atoms with van der Waals surface area (Å²) in [5.41, 5.74) is 0. The number of carbonyl (C=O) groups excluding carboxylic acids is 2. The van der Waals surface area contributed by atoms with Gasteiger partial charge < -0.3 is 0 Å². The highest BCUT2D eigenvalue weighted by Gasteiger charge is 2.32. The lowest BCUT2D eigenvalue weighted by atomic mass is 10.0. The molecule has 0 aromatic heterocycles. The van der Waals surface area contributed by atoms with E-state index in [0.717, 1.165) is 17.1 Å². The number of amides is 2. The molecule has 0 aromatic rings. The average molecular weight is 199 g/mol. The average Bonchev–Trinajstić information content (AvgIpc) is 2.55. The van der Waals surface area contributed by atoms with Crippen molar-refractivity contribution in [2.75, 3.05) is 5.75 Å². The fourth-order valence-electron chi connectivity index (χ4n) is 1.31. The van der Waals surface area contributed by atoms with Crippen molar-refractivity contribution in [1.29, 1.82) is 0 Å². The zero-order valence-corrected chi connectivity index (χ0v) is 8.61. The first-order chi connectivity index (χ1) is 6.27. The molecular weight excluding hydrogens is 186 g/mol. The molecule has 0 aromatic carbocycles. The van der Waals surface area contributed by atoms with Gasteiger partial charge >= 0.3 is 0 Å². The second kappa shape index (κ2) is 4.46. The molecule has 0 bridgehead atoms. The number of thioether (sulfide) groups is 1. The molecule has 0 spiro atoms. The Balaban J connectivity index is 0.000000396. The normalized spacial score (nSPS) is 25.4. The summed E-state index contributed by atoms with van der Waals surface area (Å²) in [6, 6.07) is 0. The van der Waals surface area contributed by atoms with Crippen LogP contribution in [0, 0.1) is 5.92 Å². The molecule has 2 rings (SSSR count). The smallest absolute Gasteiger partial charge is 0.251 e. The van der Waals surface area contributed by atoms with Crippen molar-refractivity contribution in [3.05, 3.63) is 11.0 Å². The molecule has 1 atom stereocenters. The van der Waals surface area contributed by atoms with E-state index in [-0.39, 0.29) is 17.7 Å². The van der Waals surface area contributed by atoms with Crippen molar-refractivity contribution >= 4 is 23.6 Å².